The van der Waals surface area contributed by atoms with E-state index >= 15 is 0 Å². The van der Waals surface area contributed by atoms with E-state index in [1.807, 2.05) is 66.7 Å². The summed E-state index contributed by atoms with van der Waals surface area (Å²) in [6, 6.07) is 23.7. The van der Waals surface area contributed by atoms with Gasteiger partial charge in [0.1, 0.15) is 18.4 Å². The lowest BCUT2D eigenvalue weighted by atomic mass is 9.86. The van der Waals surface area contributed by atoms with Crippen molar-refractivity contribution in [3.8, 4) is 5.75 Å². The first kappa shape index (κ1) is 35.4. The molecule has 1 atom stereocenters. The molecule has 0 aromatic heterocycles. The molecule has 1 saturated carbocycles. The number of carbonyl (C=O) groups excluding carboxylic acids is 2. The van der Waals surface area contributed by atoms with Crippen LogP contribution in [0.1, 0.15) is 61.3 Å². The van der Waals surface area contributed by atoms with E-state index in [9.17, 15) is 22.8 Å². The molecular formula is C33H38F3N5O5. The fourth-order valence-electron chi connectivity index (χ4n) is 4.80. The van der Waals surface area contributed by atoms with Crippen molar-refractivity contribution < 1.29 is 37.4 Å². The molecular weight excluding hydrogens is 603 g/mol. The van der Waals surface area contributed by atoms with Crippen molar-refractivity contribution in [2.75, 3.05) is 0 Å². The number of carboxylic acids is 1. The SMILES string of the molecule is NC(N)=Nc1ccc(CNC(=O)[C@@H](NC(=O)CC2CCCCC2)c2ccc(OCc3ccccc3)cc2)cc1.O=C(O)C(F)(F)F. The summed E-state index contributed by atoms with van der Waals surface area (Å²) in [5.41, 5.74) is 14.1. The van der Waals surface area contributed by atoms with Crippen LogP contribution in [-0.2, 0) is 27.5 Å². The summed E-state index contributed by atoms with van der Waals surface area (Å²) in [6.45, 7) is 0.748. The molecule has 246 valence electrons. The molecule has 3 aromatic carbocycles. The molecule has 3 aromatic rings. The Hall–Kier alpha value is -5.07. The Bertz CT molecular complexity index is 1440. The van der Waals surface area contributed by atoms with Gasteiger partial charge in [-0.05, 0) is 59.7 Å². The maximum atomic E-state index is 13.3. The maximum absolute atomic E-state index is 13.3. The Morgan fingerprint density at radius 2 is 1.50 bits per heavy atom. The second-order valence-electron chi connectivity index (χ2n) is 10.8. The normalized spacial score (nSPS) is 13.7. The molecule has 0 saturated heterocycles. The van der Waals surface area contributed by atoms with Crippen LogP contribution in [0.25, 0.3) is 0 Å². The third-order valence-corrected chi connectivity index (χ3v) is 7.13. The summed E-state index contributed by atoms with van der Waals surface area (Å²) in [5, 5.41) is 13.1. The number of carboxylic acid groups (broad SMARTS) is 1. The fraction of sp³-hybridized carbons (Fsp3) is 0.333. The number of halogens is 3. The predicted molar refractivity (Wildman–Crippen MR) is 167 cm³/mol. The smallest absolute Gasteiger partial charge is 0.489 e. The molecule has 0 spiro atoms. The quantitative estimate of drug-likeness (QED) is 0.141. The highest BCUT2D eigenvalue weighted by atomic mass is 19.4. The number of carbonyl (C=O) groups is 3. The maximum Gasteiger partial charge on any atom is 0.490 e. The van der Waals surface area contributed by atoms with E-state index in [4.69, 9.17) is 26.1 Å². The van der Waals surface area contributed by atoms with Gasteiger partial charge < -0.3 is 31.9 Å². The molecule has 1 fully saturated rings. The van der Waals surface area contributed by atoms with Crippen molar-refractivity contribution in [3.63, 3.8) is 0 Å². The van der Waals surface area contributed by atoms with Crippen LogP contribution in [0.4, 0.5) is 18.9 Å². The number of hydrogen-bond acceptors (Lipinski definition) is 5. The number of amides is 2. The van der Waals surface area contributed by atoms with Crippen LogP contribution in [0.3, 0.4) is 0 Å². The Balaban J connectivity index is 0.000000738. The summed E-state index contributed by atoms with van der Waals surface area (Å²) in [6.07, 6.45) is 1.03. The van der Waals surface area contributed by atoms with Gasteiger partial charge in [0, 0.05) is 13.0 Å². The summed E-state index contributed by atoms with van der Waals surface area (Å²) in [4.78, 5) is 39.2. The van der Waals surface area contributed by atoms with Crippen molar-refractivity contribution in [3.05, 3.63) is 95.6 Å². The largest absolute Gasteiger partial charge is 0.490 e. The van der Waals surface area contributed by atoms with Crippen LogP contribution < -0.4 is 26.8 Å². The highest BCUT2D eigenvalue weighted by molar-refractivity contribution is 5.88. The number of aliphatic imine (C=N–C) groups is 1. The predicted octanol–water partition coefficient (Wildman–Crippen LogP) is 5.25. The molecule has 13 heteroatoms. The molecule has 10 nitrogen and oxygen atoms in total. The van der Waals surface area contributed by atoms with Crippen LogP contribution in [0.5, 0.6) is 5.75 Å². The monoisotopic (exact) mass is 641 g/mol. The van der Waals surface area contributed by atoms with Gasteiger partial charge >= 0.3 is 12.1 Å². The van der Waals surface area contributed by atoms with Crippen LogP contribution in [0.2, 0.25) is 0 Å². The number of nitrogens with zero attached hydrogens (tertiary/aromatic N) is 1. The fourth-order valence-corrected chi connectivity index (χ4v) is 4.80. The van der Waals surface area contributed by atoms with Crippen LogP contribution in [-0.4, -0.2) is 35.0 Å². The lowest BCUT2D eigenvalue weighted by Crippen LogP contribution is -2.40. The topological polar surface area (TPSA) is 169 Å². The van der Waals surface area contributed by atoms with Crippen LogP contribution >= 0.6 is 0 Å². The number of nitrogens with two attached hydrogens (primary N) is 2. The first-order chi connectivity index (χ1) is 21.9. The molecule has 7 N–H and O–H groups in total. The van der Waals surface area contributed by atoms with E-state index in [1.165, 1.54) is 6.42 Å². The number of guanidine groups is 1. The molecule has 1 aliphatic rings. The molecule has 0 aliphatic heterocycles. The molecule has 1 aliphatic carbocycles. The lowest BCUT2D eigenvalue weighted by molar-refractivity contribution is -0.192. The average Bonchev–Trinajstić information content (AvgIpc) is 3.03. The molecule has 4 rings (SSSR count). The zero-order valence-corrected chi connectivity index (χ0v) is 25.1. The second kappa shape index (κ2) is 17.4. The Labute approximate surface area is 265 Å². The van der Waals surface area contributed by atoms with Gasteiger partial charge in [-0.25, -0.2) is 9.79 Å². The molecule has 0 heterocycles. The van der Waals surface area contributed by atoms with Gasteiger partial charge in [0.2, 0.25) is 11.8 Å². The highest BCUT2D eigenvalue weighted by Gasteiger charge is 2.38. The molecule has 2 amide bonds. The summed E-state index contributed by atoms with van der Waals surface area (Å²) in [5.74, 6) is -2.09. The third-order valence-electron chi connectivity index (χ3n) is 7.13. The number of ether oxygens (including phenoxy) is 1. The zero-order chi connectivity index (χ0) is 33.5. The van der Waals surface area contributed by atoms with Crippen molar-refractivity contribution >= 4 is 29.4 Å². The van der Waals surface area contributed by atoms with E-state index in [1.54, 1.807) is 12.1 Å². The van der Waals surface area contributed by atoms with Crippen molar-refractivity contribution in [2.45, 2.75) is 63.9 Å². The van der Waals surface area contributed by atoms with Crippen molar-refractivity contribution in [1.29, 1.82) is 0 Å². The standard InChI is InChI=1S/C31H37N5O3.C2HF3O2/c32-31(33)35-26-15-11-23(12-16-26)20-34-30(38)29(36-28(37)19-22-7-3-1-4-8-22)25-13-17-27(18-14-25)39-21-24-9-5-2-6-10-24;3-2(4,5)1(6)7/h2,5-6,9-18,22,29H,1,3-4,7-8,19-21H2,(H,34,38)(H,36,37)(H4,32,33,35);(H,6,7)/t29-;/m0./s1. The second-order valence-corrected chi connectivity index (χ2v) is 10.8. The minimum absolute atomic E-state index is 0.0145. The van der Waals surface area contributed by atoms with Gasteiger partial charge in [0.25, 0.3) is 0 Å². The van der Waals surface area contributed by atoms with Crippen LogP contribution in [0.15, 0.2) is 83.9 Å². The van der Waals surface area contributed by atoms with Gasteiger partial charge in [-0.15, -0.1) is 0 Å². The Morgan fingerprint density at radius 3 is 2.07 bits per heavy atom. The molecule has 0 radical (unpaired) electrons. The summed E-state index contributed by atoms with van der Waals surface area (Å²) >= 11 is 0. The van der Waals surface area contributed by atoms with Crippen molar-refractivity contribution in [2.24, 2.45) is 22.4 Å². The van der Waals surface area contributed by atoms with E-state index in [-0.39, 0.29) is 17.8 Å². The van der Waals surface area contributed by atoms with Gasteiger partial charge in [-0.1, -0.05) is 73.9 Å². The van der Waals surface area contributed by atoms with Crippen molar-refractivity contribution in [1.82, 2.24) is 10.6 Å². The average molecular weight is 642 g/mol. The Kier molecular flexibility index (Phi) is 13.4. The number of benzene rings is 3. The van der Waals surface area contributed by atoms with E-state index in [0.717, 1.165) is 36.8 Å². The van der Waals surface area contributed by atoms with Gasteiger partial charge in [0.15, 0.2) is 5.96 Å². The van der Waals surface area contributed by atoms with Gasteiger partial charge in [-0.2, -0.15) is 13.2 Å². The minimum Gasteiger partial charge on any atom is -0.489 e. The number of alkyl halides is 3. The highest BCUT2D eigenvalue weighted by Crippen LogP contribution is 2.27. The zero-order valence-electron chi connectivity index (χ0n) is 25.1. The summed E-state index contributed by atoms with van der Waals surface area (Å²) < 4.78 is 37.6. The van der Waals surface area contributed by atoms with Gasteiger partial charge in [0.05, 0.1) is 5.69 Å². The number of nitrogens with one attached hydrogen (secondary N) is 2. The van der Waals surface area contributed by atoms with E-state index in [0.29, 0.717) is 42.5 Å². The first-order valence-electron chi connectivity index (χ1n) is 14.7. The van der Waals surface area contributed by atoms with Crippen LogP contribution in [0, 0.1) is 5.92 Å². The number of rotatable bonds is 11. The first-order valence-corrected chi connectivity index (χ1v) is 14.7. The van der Waals surface area contributed by atoms with E-state index in [2.05, 4.69) is 15.6 Å². The number of hydrogen-bond donors (Lipinski definition) is 5. The van der Waals surface area contributed by atoms with Gasteiger partial charge in [-0.3, -0.25) is 9.59 Å². The third kappa shape index (κ3) is 12.5. The number of aliphatic carboxylic acids is 1. The Morgan fingerprint density at radius 1 is 0.891 bits per heavy atom. The lowest BCUT2D eigenvalue weighted by Gasteiger charge is -2.23. The molecule has 0 bridgehead atoms. The molecule has 46 heavy (non-hydrogen) atoms. The summed E-state index contributed by atoms with van der Waals surface area (Å²) in [7, 11) is 0. The van der Waals surface area contributed by atoms with E-state index < -0.39 is 18.2 Å². The minimum atomic E-state index is -5.08. The molecule has 0 unspecified atom stereocenters.